The lowest BCUT2D eigenvalue weighted by molar-refractivity contribution is -0.109. The fourth-order valence-corrected chi connectivity index (χ4v) is 5.56. The SMILES string of the molecule is CC1CCC(CCn2c(CC(C=O)NC3CCCC(C)C3)ccc2C(=O)C(C)(F)F)CC1. The van der Waals surface area contributed by atoms with Crippen LogP contribution in [0.2, 0.25) is 0 Å². The number of halogens is 2. The van der Waals surface area contributed by atoms with Gasteiger partial charge < -0.3 is 14.7 Å². The molecule has 0 aliphatic heterocycles. The van der Waals surface area contributed by atoms with Crippen molar-refractivity contribution >= 4 is 12.1 Å². The predicted molar refractivity (Wildman–Crippen MR) is 123 cm³/mol. The van der Waals surface area contributed by atoms with E-state index in [2.05, 4.69) is 19.2 Å². The van der Waals surface area contributed by atoms with Crippen molar-refractivity contribution in [3.63, 3.8) is 0 Å². The Morgan fingerprint density at radius 2 is 1.88 bits per heavy atom. The summed E-state index contributed by atoms with van der Waals surface area (Å²) in [5.41, 5.74) is 0.850. The number of carbonyl (C=O) groups excluding carboxylic acids is 2. The first kappa shape index (κ1) is 25.1. The molecular weight excluding hydrogens is 410 g/mol. The fourth-order valence-electron chi connectivity index (χ4n) is 5.56. The Hall–Kier alpha value is -1.56. The highest BCUT2D eigenvalue weighted by Gasteiger charge is 2.36. The first-order valence-corrected chi connectivity index (χ1v) is 12.5. The van der Waals surface area contributed by atoms with Gasteiger partial charge in [-0.2, -0.15) is 8.78 Å². The number of ketones is 1. The summed E-state index contributed by atoms with van der Waals surface area (Å²) in [6.45, 7) is 5.73. The molecule has 3 rings (SSSR count). The van der Waals surface area contributed by atoms with Crippen LogP contribution in [0.4, 0.5) is 8.78 Å². The molecule has 1 aromatic rings. The molecule has 1 aromatic heterocycles. The lowest BCUT2D eigenvalue weighted by Gasteiger charge is -2.30. The molecule has 0 bridgehead atoms. The monoisotopic (exact) mass is 450 g/mol. The van der Waals surface area contributed by atoms with Gasteiger partial charge in [0.05, 0.1) is 11.7 Å². The van der Waals surface area contributed by atoms with Crippen molar-refractivity contribution in [3.8, 4) is 0 Å². The number of carbonyl (C=O) groups is 2. The van der Waals surface area contributed by atoms with E-state index in [1.807, 2.05) is 0 Å². The normalized spacial score (nSPS) is 27.8. The summed E-state index contributed by atoms with van der Waals surface area (Å²) in [7, 11) is 0. The molecule has 0 radical (unpaired) electrons. The molecule has 32 heavy (non-hydrogen) atoms. The Morgan fingerprint density at radius 1 is 1.16 bits per heavy atom. The highest BCUT2D eigenvalue weighted by atomic mass is 19.3. The van der Waals surface area contributed by atoms with E-state index >= 15 is 0 Å². The maximum Gasteiger partial charge on any atom is 0.308 e. The Bertz CT molecular complexity index is 762. The smallest absolute Gasteiger partial charge is 0.308 e. The number of alkyl halides is 2. The Balaban J connectivity index is 1.73. The average Bonchev–Trinajstić information content (AvgIpc) is 3.13. The molecule has 2 saturated carbocycles. The summed E-state index contributed by atoms with van der Waals surface area (Å²) in [5.74, 6) is -2.58. The van der Waals surface area contributed by atoms with Crippen LogP contribution in [0.5, 0.6) is 0 Å². The number of Topliss-reactive ketones (excluding diaryl/α,β-unsaturated/α-hetero) is 1. The van der Waals surface area contributed by atoms with Crippen LogP contribution in [-0.2, 0) is 17.8 Å². The second-order valence-corrected chi connectivity index (χ2v) is 10.6. The van der Waals surface area contributed by atoms with Gasteiger partial charge in [-0.15, -0.1) is 0 Å². The van der Waals surface area contributed by atoms with Gasteiger partial charge in [-0.25, -0.2) is 0 Å². The van der Waals surface area contributed by atoms with E-state index in [1.54, 1.807) is 10.6 Å². The Kier molecular flexibility index (Phi) is 8.65. The highest BCUT2D eigenvalue weighted by molar-refractivity contribution is 6.00. The minimum absolute atomic E-state index is 0.0626. The zero-order valence-corrected chi connectivity index (χ0v) is 19.9. The number of nitrogens with zero attached hydrogens (tertiary/aromatic N) is 1. The zero-order valence-electron chi connectivity index (χ0n) is 19.9. The third-order valence-electron chi connectivity index (χ3n) is 7.58. The number of rotatable bonds is 10. The summed E-state index contributed by atoms with van der Waals surface area (Å²) in [6.07, 6.45) is 11.4. The van der Waals surface area contributed by atoms with Crippen LogP contribution >= 0.6 is 0 Å². The molecule has 6 heteroatoms. The third-order valence-corrected chi connectivity index (χ3v) is 7.58. The molecule has 0 aromatic carbocycles. The van der Waals surface area contributed by atoms with Crippen molar-refractivity contribution in [3.05, 3.63) is 23.5 Å². The van der Waals surface area contributed by atoms with Crippen LogP contribution < -0.4 is 5.32 Å². The fraction of sp³-hybridized carbons (Fsp3) is 0.769. The Morgan fingerprint density at radius 3 is 2.50 bits per heavy atom. The number of hydrogen-bond acceptors (Lipinski definition) is 3. The second kappa shape index (κ2) is 11.0. The molecule has 2 aliphatic carbocycles. The summed E-state index contributed by atoms with van der Waals surface area (Å²) in [6, 6.07) is 3.20. The molecule has 1 N–H and O–H groups in total. The topological polar surface area (TPSA) is 51.1 Å². The molecule has 3 atom stereocenters. The van der Waals surface area contributed by atoms with Crippen LogP contribution in [0.15, 0.2) is 12.1 Å². The van der Waals surface area contributed by atoms with E-state index < -0.39 is 11.7 Å². The number of aromatic nitrogens is 1. The van der Waals surface area contributed by atoms with E-state index in [0.29, 0.717) is 37.8 Å². The molecular formula is C26H40F2N2O2. The highest BCUT2D eigenvalue weighted by Crippen LogP contribution is 2.32. The first-order valence-electron chi connectivity index (χ1n) is 12.5. The van der Waals surface area contributed by atoms with Gasteiger partial charge in [-0.1, -0.05) is 52.4 Å². The van der Waals surface area contributed by atoms with Crippen LogP contribution in [0.1, 0.15) is 94.7 Å². The number of nitrogens with one attached hydrogen (secondary N) is 1. The maximum atomic E-state index is 13.9. The van der Waals surface area contributed by atoms with Gasteiger partial charge in [-0.3, -0.25) is 4.79 Å². The van der Waals surface area contributed by atoms with E-state index in [-0.39, 0.29) is 11.7 Å². The van der Waals surface area contributed by atoms with E-state index in [9.17, 15) is 18.4 Å². The zero-order chi connectivity index (χ0) is 23.3. The van der Waals surface area contributed by atoms with Gasteiger partial charge in [0, 0.05) is 31.6 Å². The van der Waals surface area contributed by atoms with Crippen molar-refractivity contribution in [1.29, 1.82) is 0 Å². The van der Waals surface area contributed by atoms with E-state index in [1.165, 1.54) is 25.3 Å². The molecule has 1 heterocycles. The van der Waals surface area contributed by atoms with Crippen molar-refractivity contribution in [2.24, 2.45) is 17.8 Å². The van der Waals surface area contributed by atoms with Crippen LogP contribution in [0, 0.1) is 17.8 Å². The number of hydrogen-bond donors (Lipinski definition) is 1. The molecule has 180 valence electrons. The maximum absolute atomic E-state index is 13.9. The second-order valence-electron chi connectivity index (χ2n) is 10.6. The summed E-state index contributed by atoms with van der Waals surface area (Å²) in [4.78, 5) is 24.3. The molecule has 2 aliphatic rings. The molecule has 3 unspecified atom stereocenters. The average molecular weight is 451 g/mol. The van der Waals surface area contributed by atoms with Crippen molar-refractivity contribution in [1.82, 2.24) is 9.88 Å². The van der Waals surface area contributed by atoms with E-state index in [4.69, 9.17) is 0 Å². The van der Waals surface area contributed by atoms with E-state index in [0.717, 1.165) is 56.4 Å². The van der Waals surface area contributed by atoms with Crippen LogP contribution in [-0.4, -0.2) is 34.6 Å². The van der Waals surface area contributed by atoms with Gasteiger partial charge >= 0.3 is 5.92 Å². The van der Waals surface area contributed by atoms with Gasteiger partial charge in [-0.05, 0) is 49.1 Å². The first-order chi connectivity index (χ1) is 15.2. The van der Waals surface area contributed by atoms with Crippen LogP contribution in [0.3, 0.4) is 0 Å². The lowest BCUT2D eigenvalue weighted by atomic mass is 9.81. The van der Waals surface area contributed by atoms with Gasteiger partial charge in [0.25, 0.3) is 0 Å². The standard InChI is InChI=1S/C26H40F2N2O2/c1-18-7-9-20(10-8-18)13-14-30-23(11-12-24(30)25(32)26(3,27)28)16-22(17-31)29-21-6-4-5-19(2)15-21/h11-12,17-22,29H,4-10,13-16H2,1-3H3. The quantitative estimate of drug-likeness (QED) is 0.361. The largest absolute Gasteiger partial charge is 0.342 e. The van der Waals surface area contributed by atoms with Gasteiger partial charge in [0.15, 0.2) is 0 Å². The van der Waals surface area contributed by atoms with Crippen molar-refractivity contribution < 1.29 is 18.4 Å². The minimum atomic E-state index is -3.41. The molecule has 0 amide bonds. The third kappa shape index (κ3) is 6.72. The van der Waals surface area contributed by atoms with Crippen molar-refractivity contribution in [2.75, 3.05) is 0 Å². The molecule has 2 fully saturated rings. The van der Waals surface area contributed by atoms with Crippen molar-refractivity contribution in [2.45, 2.75) is 110 Å². The number of aldehydes is 1. The predicted octanol–water partition coefficient (Wildman–Crippen LogP) is 5.82. The van der Waals surface area contributed by atoms with Gasteiger partial charge in [0.1, 0.15) is 6.29 Å². The molecule has 0 spiro atoms. The van der Waals surface area contributed by atoms with Gasteiger partial charge in [0.2, 0.25) is 5.78 Å². The molecule has 0 saturated heterocycles. The summed E-state index contributed by atoms with van der Waals surface area (Å²) < 4.78 is 29.5. The summed E-state index contributed by atoms with van der Waals surface area (Å²) in [5, 5.41) is 3.48. The van der Waals surface area contributed by atoms with Crippen LogP contribution in [0.25, 0.3) is 0 Å². The summed E-state index contributed by atoms with van der Waals surface area (Å²) >= 11 is 0. The molecule has 4 nitrogen and oxygen atoms in total. The Labute approximate surface area is 191 Å². The minimum Gasteiger partial charge on any atom is -0.342 e. The lowest BCUT2D eigenvalue weighted by Crippen LogP contribution is -2.43.